The van der Waals surface area contributed by atoms with Crippen LogP contribution in [0.4, 0.5) is 0 Å². The Labute approximate surface area is 436 Å². The van der Waals surface area contributed by atoms with Crippen LogP contribution in [0.25, 0.3) is 0 Å². The van der Waals surface area contributed by atoms with E-state index in [9.17, 15) is 33.6 Å². The summed E-state index contributed by atoms with van der Waals surface area (Å²) in [4.78, 5) is 112. The molecule has 2 N–H and O–H groups in total. The number of ether oxygens (including phenoxy) is 17. The van der Waals surface area contributed by atoms with Crippen LogP contribution in [-0.2, 0) is 124 Å². The van der Waals surface area contributed by atoms with Crippen molar-refractivity contribution in [3.8, 4) is 11.5 Å². The summed E-state index contributed by atoms with van der Waals surface area (Å²) in [7, 11) is 1.31. The highest BCUT2D eigenvalue weighted by atomic mass is 17.2. The molecular formula is C47H67NO28. The Kier molecular flexibility index (Phi) is 25.1. The van der Waals surface area contributed by atoms with Crippen LogP contribution in [0, 0.1) is 0 Å². The van der Waals surface area contributed by atoms with E-state index in [1.807, 2.05) is 0 Å². The van der Waals surface area contributed by atoms with E-state index in [1.165, 1.54) is 7.11 Å². The predicted octanol–water partition coefficient (Wildman–Crippen LogP) is -0.540. The number of hydrogen-bond donors (Lipinski definition) is 1. The van der Waals surface area contributed by atoms with Crippen molar-refractivity contribution in [1.82, 2.24) is 0 Å². The molecular weight excluding hydrogens is 1030 g/mol. The lowest BCUT2D eigenvalue weighted by Gasteiger charge is -2.50. The summed E-state index contributed by atoms with van der Waals surface area (Å²) in [6.45, 7) is 6.07. The number of carbonyl (C=O) groups is 7. The molecule has 0 aliphatic carbocycles. The van der Waals surface area contributed by atoms with Crippen molar-refractivity contribution in [2.45, 2.75) is 141 Å². The minimum Gasteiger partial charge on any atom is -0.491 e. The van der Waals surface area contributed by atoms with Gasteiger partial charge in [0.15, 0.2) is 61.6 Å². The van der Waals surface area contributed by atoms with Gasteiger partial charge < -0.3 is 86.3 Å². The number of rotatable bonds is 15. The molecule has 0 spiro atoms. The van der Waals surface area contributed by atoms with Gasteiger partial charge in [-0.1, -0.05) is 0 Å². The Morgan fingerprint density at radius 2 is 0.829 bits per heavy atom. The van der Waals surface area contributed by atoms with Gasteiger partial charge in [-0.3, -0.25) is 33.6 Å². The zero-order chi connectivity index (χ0) is 55.3. The molecule has 428 valence electrons. The second-order valence-electron chi connectivity index (χ2n) is 16.9. The first-order chi connectivity index (χ1) is 36.4. The SMILES string of the molecule is CO[C@H]1O[C@H](CN)[C@@H](O[C@@H]2O[C@H](COC(C)=O)[C@@H](O[C@@H]3O[C@H](COC(C)=O)[C@H](OC(C)=O)[C@H](OC(C)=O)[C@H]3OC(C)=O)[C@H](OC(C)=O)[C@H]2OC(C)=O)[C@@H]2OOCCOCCOc3ccc(cc3)OCCOCCOO[C@@H]12. The molecule has 1 aromatic rings. The summed E-state index contributed by atoms with van der Waals surface area (Å²) >= 11 is 0. The van der Waals surface area contributed by atoms with Gasteiger partial charge in [0.05, 0.1) is 26.4 Å². The molecule has 2 bridgehead atoms. The molecule has 0 saturated carbocycles. The molecule has 0 radical (unpaired) electrons. The molecule has 0 amide bonds. The van der Waals surface area contributed by atoms with Crippen LogP contribution in [0.3, 0.4) is 0 Å². The number of esters is 7. The lowest BCUT2D eigenvalue weighted by Crippen LogP contribution is -2.69. The number of benzene rings is 1. The zero-order valence-electron chi connectivity index (χ0n) is 43.3. The average Bonchev–Trinajstić information content (AvgIpc) is 3.35. The first-order valence-electron chi connectivity index (χ1n) is 24.1. The highest BCUT2D eigenvalue weighted by molar-refractivity contribution is 5.69. The van der Waals surface area contributed by atoms with Gasteiger partial charge in [-0.05, 0) is 24.3 Å². The van der Waals surface area contributed by atoms with E-state index in [-0.39, 0.29) is 59.4 Å². The summed E-state index contributed by atoms with van der Waals surface area (Å²) in [5.41, 5.74) is 6.28. The molecule has 5 aliphatic heterocycles. The van der Waals surface area contributed by atoms with Crippen LogP contribution in [-0.4, -0.2) is 214 Å². The van der Waals surface area contributed by atoms with E-state index in [0.717, 1.165) is 48.5 Å². The Morgan fingerprint density at radius 3 is 1.26 bits per heavy atom. The quantitative estimate of drug-likeness (QED) is 0.0997. The summed E-state index contributed by atoms with van der Waals surface area (Å²) in [5.74, 6) is -5.23. The van der Waals surface area contributed by atoms with E-state index >= 15 is 0 Å². The monoisotopic (exact) mass is 1090 g/mol. The topological polar surface area (TPSA) is 339 Å². The summed E-state index contributed by atoms with van der Waals surface area (Å²) in [6.07, 6.45) is -24.2. The first-order valence-corrected chi connectivity index (χ1v) is 24.1. The molecule has 15 atom stereocenters. The lowest BCUT2D eigenvalue weighted by molar-refractivity contribution is -0.459. The Hall–Kier alpha value is -5.41. The number of nitrogens with two attached hydrogens (primary N) is 1. The van der Waals surface area contributed by atoms with Crippen LogP contribution in [0.15, 0.2) is 24.3 Å². The van der Waals surface area contributed by atoms with E-state index in [4.69, 9.17) is 106 Å². The van der Waals surface area contributed by atoms with Crippen molar-refractivity contribution in [3.63, 3.8) is 0 Å². The van der Waals surface area contributed by atoms with Gasteiger partial charge in [-0.25, -0.2) is 19.6 Å². The standard InChI is InChI=1S/C47H67NO28/c1-24(49)61-22-34-37(65-26(3)51)39(66-27(4)52)42(68-29(6)54)47(71-34)74-38-35(23-62-25(2)50)72-46(43(69-30(7)55)40(38)67-28(5)53)73-36-33(21-48)70-45(56-8)44-41(36)75-63-19-15-57-13-17-59-31-9-11-32(12-10-31)60-18-14-58-16-20-64-76-44/h9-12,33-47H,13-23,48H2,1-8H3/t33-,34-,35-,36-,37+,38-,39+,40+,41+,42-,43-,44-,45+,46+,47+/m1/s1. The van der Waals surface area contributed by atoms with Gasteiger partial charge in [0.2, 0.25) is 0 Å². The molecule has 5 heterocycles. The highest BCUT2D eigenvalue weighted by Gasteiger charge is 2.59. The third kappa shape index (κ3) is 19.0. The second-order valence-corrected chi connectivity index (χ2v) is 16.9. The van der Waals surface area contributed by atoms with Crippen molar-refractivity contribution in [1.29, 1.82) is 0 Å². The maximum Gasteiger partial charge on any atom is 0.303 e. The molecule has 3 fully saturated rings. The van der Waals surface area contributed by atoms with Gasteiger partial charge in [-0.15, -0.1) is 0 Å². The lowest BCUT2D eigenvalue weighted by atomic mass is 9.95. The highest BCUT2D eigenvalue weighted by Crippen LogP contribution is 2.38. The van der Waals surface area contributed by atoms with Gasteiger partial charge in [0.1, 0.15) is 81.7 Å². The second kappa shape index (κ2) is 31.1. The van der Waals surface area contributed by atoms with Crippen molar-refractivity contribution >= 4 is 41.8 Å². The number of methoxy groups -OCH3 is 1. The van der Waals surface area contributed by atoms with E-state index < -0.39 is 147 Å². The molecule has 5 aliphatic rings. The average molecular weight is 1090 g/mol. The Balaban J connectivity index is 1.52. The van der Waals surface area contributed by atoms with E-state index in [1.54, 1.807) is 24.3 Å². The third-order valence-corrected chi connectivity index (χ3v) is 11.0. The van der Waals surface area contributed by atoms with Crippen LogP contribution < -0.4 is 15.2 Å². The molecule has 0 unspecified atom stereocenters. The minimum absolute atomic E-state index is 0.00135. The van der Waals surface area contributed by atoms with Gasteiger partial charge in [-0.2, -0.15) is 0 Å². The first kappa shape index (κ1) is 61.4. The van der Waals surface area contributed by atoms with Gasteiger partial charge in [0.25, 0.3) is 0 Å². The fraction of sp³-hybridized carbons (Fsp3) is 0.723. The van der Waals surface area contributed by atoms with Crippen LogP contribution in [0.1, 0.15) is 48.5 Å². The van der Waals surface area contributed by atoms with Crippen molar-refractivity contribution in [3.05, 3.63) is 24.3 Å². The van der Waals surface area contributed by atoms with Crippen LogP contribution in [0.5, 0.6) is 11.5 Å². The van der Waals surface area contributed by atoms with Gasteiger partial charge >= 0.3 is 41.8 Å². The molecule has 6 rings (SSSR count). The van der Waals surface area contributed by atoms with Crippen molar-refractivity contribution in [2.75, 3.05) is 79.7 Å². The van der Waals surface area contributed by atoms with Crippen LogP contribution in [0.2, 0.25) is 0 Å². The predicted molar refractivity (Wildman–Crippen MR) is 244 cm³/mol. The molecule has 0 aromatic heterocycles. The normalized spacial score (nSPS) is 31.9. The summed E-state index contributed by atoms with van der Waals surface area (Å²) in [5, 5.41) is 0. The Bertz CT molecular complexity index is 2030. The largest absolute Gasteiger partial charge is 0.491 e. The maximum atomic E-state index is 13.1. The van der Waals surface area contributed by atoms with Crippen molar-refractivity contribution in [2.24, 2.45) is 5.73 Å². The maximum absolute atomic E-state index is 13.1. The third-order valence-electron chi connectivity index (χ3n) is 11.0. The number of carbonyl (C=O) groups excluding carboxylic acids is 7. The molecule has 3 saturated heterocycles. The molecule has 29 heteroatoms. The van der Waals surface area contributed by atoms with Crippen molar-refractivity contribution < 1.29 is 134 Å². The van der Waals surface area contributed by atoms with E-state index in [0.29, 0.717) is 11.5 Å². The van der Waals surface area contributed by atoms with Gasteiger partial charge in [0, 0.05) is 62.1 Å². The number of hydrogen-bond acceptors (Lipinski definition) is 29. The summed E-state index contributed by atoms with van der Waals surface area (Å²) in [6, 6.07) is 7.00. The smallest absolute Gasteiger partial charge is 0.303 e. The number of fused-ring (bicyclic) bond motifs is 16. The Morgan fingerprint density at radius 1 is 0.447 bits per heavy atom. The molecule has 29 nitrogen and oxygen atoms in total. The summed E-state index contributed by atoms with van der Waals surface area (Å²) < 4.78 is 99.2. The fourth-order valence-electron chi connectivity index (χ4n) is 8.08. The van der Waals surface area contributed by atoms with E-state index in [2.05, 4.69) is 0 Å². The van der Waals surface area contributed by atoms with Crippen LogP contribution >= 0.6 is 0 Å². The zero-order valence-corrected chi connectivity index (χ0v) is 43.3. The minimum atomic E-state index is -1.93. The molecule has 76 heavy (non-hydrogen) atoms. The fourth-order valence-corrected chi connectivity index (χ4v) is 8.08. The molecule has 1 aromatic carbocycles.